The smallest absolute Gasteiger partial charge is 0.151 e. The molecule has 0 saturated carbocycles. The number of nitrogens with zero attached hydrogens (tertiary/aromatic N) is 2. The normalized spacial score (nSPS) is 10.5. The van der Waals surface area contributed by atoms with Gasteiger partial charge >= 0.3 is 0 Å². The average Bonchev–Trinajstić information content (AvgIpc) is 2.64. The highest BCUT2D eigenvalue weighted by atomic mass is 15.2. The summed E-state index contributed by atoms with van der Waals surface area (Å²) in [6.45, 7) is 1.90. The number of benzene rings is 1. The summed E-state index contributed by atoms with van der Waals surface area (Å²) < 4.78 is 0. The van der Waals surface area contributed by atoms with Crippen LogP contribution >= 0.6 is 0 Å². The van der Waals surface area contributed by atoms with Crippen LogP contribution in [0.3, 0.4) is 0 Å². The standard InChI is InChI=1S/C11H14N4/c1-8-13-11(15-14-8)7-4-9-2-5-10(12)6-3-9/h2-3,5-6H,4,7,12H2,1H3,(H,13,14,15). The first-order valence-electron chi connectivity index (χ1n) is 4.96. The van der Waals surface area contributed by atoms with Crippen LogP contribution in [0.1, 0.15) is 17.2 Å². The predicted octanol–water partition coefficient (Wildman–Crippen LogP) is 1.48. The van der Waals surface area contributed by atoms with Gasteiger partial charge in [0.1, 0.15) is 5.82 Å². The van der Waals surface area contributed by atoms with Crippen LogP contribution in [-0.2, 0) is 12.8 Å². The highest BCUT2D eigenvalue weighted by Crippen LogP contribution is 2.07. The van der Waals surface area contributed by atoms with Gasteiger partial charge in [-0.3, -0.25) is 5.10 Å². The molecule has 3 N–H and O–H groups in total. The van der Waals surface area contributed by atoms with Gasteiger partial charge < -0.3 is 5.73 Å². The molecular weight excluding hydrogens is 188 g/mol. The molecule has 15 heavy (non-hydrogen) atoms. The van der Waals surface area contributed by atoms with Gasteiger partial charge in [0.05, 0.1) is 0 Å². The summed E-state index contributed by atoms with van der Waals surface area (Å²) in [5.41, 5.74) is 7.66. The van der Waals surface area contributed by atoms with E-state index in [2.05, 4.69) is 15.2 Å². The second-order valence-corrected chi connectivity index (χ2v) is 3.58. The number of nitrogens with one attached hydrogen (secondary N) is 1. The van der Waals surface area contributed by atoms with E-state index in [0.29, 0.717) is 0 Å². The topological polar surface area (TPSA) is 67.6 Å². The van der Waals surface area contributed by atoms with Gasteiger partial charge in [-0.2, -0.15) is 5.10 Å². The average molecular weight is 202 g/mol. The van der Waals surface area contributed by atoms with Crippen LogP contribution in [0.5, 0.6) is 0 Å². The molecule has 4 nitrogen and oxygen atoms in total. The van der Waals surface area contributed by atoms with Crippen molar-refractivity contribution in [3.63, 3.8) is 0 Å². The third-order valence-corrected chi connectivity index (χ3v) is 2.26. The number of hydrogen-bond donors (Lipinski definition) is 2. The monoisotopic (exact) mass is 202 g/mol. The van der Waals surface area contributed by atoms with E-state index >= 15 is 0 Å². The van der Waals surface area contributed by atoms with Crippen LogP contribution in [0.15, 0.2) is 24.3 Å². The second-order valence-electron chi connectivity index (χ2n) is 3.58. The molecule has 0 amide bonds. The molecule has 0 atom stereocenters. The summed E-state index contributed by atoms with van der Waals surface area (Å²) in [6.07, 6.45) is 1.80. The molecule has 0 spiro atoms. The Bertz CT molecular complexity index is 430. The Hall–Kier alpha value is -1.84. The lowest BCUT2D eigenvalue weighted by Gasteiger charge is -1.99. The van der Waals surface area contributed by atoms with Crippen LogP contribution in [0.25, 0.3) is 0 Å². The number of nitrogens with two attached hydrogens (primary N) is 1. The molecule has 0 bridgehead atoms. The third-order valence-electron chi connectivity index (χ3n) is 2.26. The van der Waals surface area contributed by atoms with Crippen molar-refractivity contribution in [1.82, 2.24) is 15.2 Å². The highest BCUT2D eigenvalue weighted by Gasteiger charge is 2.00. The Morgan fingerprint density at radius 2 is 1.93 bits per heavy atom. The molecule has 2 aromatic rings. The van der Waals surface area contributed by atoms with Crippen LogP contribution in [0.2, 0.25) is 0 Å². The molecule has 2 rings (SSSR count). The number of anilines is 1. The fourth-order valence-electron chi connectivity index (χ4n) is 1.44. The first-order chi connectivity index (χ1) is 7.24. The largest absolute Gasteiger partial charge is 0.399 e. The number of rotatable bonds is 3. The summed E-state index contributed by atoms with van der Waals surface area (Å²) in [7, 11) is 0. The van der Waals surface area contributed by atoms with Crippen LogP contribution in [0.4, 0.5) is 5.69 Å². The zero-order valence-electron chi connectivity index (χ0n) is 8.70. The quantitative estimate of drug-likeness (QED) is 0.741. The van der Waals surface area contributed by atoms with Gasteiger partial charge in [0.25, 0.3) is 0 Å². The number of H-pyrrole nitrogens is 1. The van der Waals surface area contributed by atoms with E-state index in [1.807, 2.05) is 31.2 Å². The Morgan fingerprint density at radius 3 is 2.53 bits per heavy atom. The van der Waals surface area contributed by atoms with Crippen molar-refractivity contribution in [3.05, 3.63) is 41.5 Å². The Kier molecular flexibility index (Phi) is 2.67. The molecule has 0 fully saturated rings. The summed E-state index contributed by atoms with van der Waals surface area (Å²) in [6, 6.07) is 7.90. The van der Waals surface area contributed by atoms with E-state index in [4.69, 9.17) is 5.73 Å². The zero-order chi connectivity index (χ0) is 10.7. The second kappa shape index (κ2) is 4.13. The van der Waals surface area contributed by atoms with Crippen molar-refractivity contribution in [1.29, 1.82) is 0 Å². The Labute approximate surface area is 88.5 Å². The van der Waals surface area contributed by atoms with Crippen molar-refractivity contribution in [2.24, 2.45) is 0 Å². The molecule has 78 valence electrons. The molecule has 0 radical (unpaired) electrons. The molecule has 0 aliphatic carbocycles. The molecule has 0 unspecified atom stereocenters. The van der Waals surface area contributed by atoms with Crippen molar-refractivity contribution in [3.8, 4) is 0 Å². The van der Waals surface area contributed by atoms with Crippen molar-refractivity contribution >= 4 is 5.69 Å². The molecule has 1 aromatic carbocycles. The molecule has 1 heterocycles. The minimum Gasteiger partial charge on any atom is -0.399 e. The Balaban J connectivity index is 1.96. The van der Waals surface area contributed by atoms with Gasteiger partial charge in [-0.25, -0.2) is 4.98 Å². The summed E-state index contributed by atoms with van der Waals surface area (Å²) in [5.74, 6) is 1.73. The lowest BCUT2D eigenvalue weighted by Crippen LogP contribution is -1.94. The van der Waals surface area contributed by atoms with Gasteiger partial charge in [0, 0.05) is 12.1 Å². The van der Waals surface area contributed by atoms with Crippen LogP contribution < -0.4 is 5.73 Å². The molecule has 4 heteroatoms. The van der Waals surface area contributed by atoms with Gasteiger partial charge in [-0.05, 0) is 31.0 Å². The fraction of sp³-hybridized carbons (Fsp3) is 0.273. The van der Waals surface area contributed by atoms with E-state index < -0.39 is 0 Å². The highest BCUT2D eigenvalue weighted by molar-refractivity contribution is 5.39. The summed E-state index contributed by atoms with van der Waals surface area (Å²) in [4.78, 5) is 4.25. The number of hydrogen-bond acceptors (Lipinski definition) is 3. The lowest BCUT2D eigenvalue weighted by atomic mass is 10.1. The molecule has 0 saturated heterocycles. The first-order valence-corrected chi connectivity index (χ1v) is 4.96. The maximum absolute atomic E-state index is 5.61. The number of nitrogen functional groups attached to an aromatic ring is 1. The molecule has 1 aromatic heterocycles. The van der Waals surface area contributed by atoms with Crippen molar-refractivity contribution < 1.29 is 0 Å². The van der Waals surface area contributed by atoms with E-state index in [9.17, 15) is 0 Å². The summed E-state index contributed by atoms with van der Waals surface area (Å²) >= 11 is 0. The van der Waals surface area contributed by atoms with Gasteiger partial charge in [0.2, 0.25) is 0 Å². The van der Waals surface area contributed by atoms with E-state index in [0.717, 1.165) is 30.2 Å². The van der Waals surface area contributed by atoms with Crippen LogP contribution in [0, 0.1) is 6.92 Å². The number of aryl methyl sites for hydroxylation is 3. The van der Waals surface area contributed by atoms with Crippen molar-refractivity contribution in [2.45, 2.75) is 19.8 Å². The minimum absolute atomic E-state index is 0.799. The van der Waals surface area contributed by atoms with Gasteiger partial charge in [0.15, 0.2) is 5.82 Å². The van der Waals surface area contributed by atoms with E-state index in [1.165, 1.54) is 5.56 Å². The minimum atomic E-state index is 0.799. The van der Waals surface area contributed by atoms with E-state index in [1.54, 1.807) is 0 Å². The third kappa shape index (κ3) is 2.56. The lowest BCUT2D eigenvalue weighted by molar-refractivity contribution is 0.865. The molecule has 0 aliphatic rings. The van der Waals surface area contributed by atoms with Crippen LogP contribution in [-0.4, -0.2) is 15.2 Å². The number of aromatic amines is 1. The predicted molar refractivity (Wildman–Crippen MR) is 59.4 cm³/mol. The number of aromatic nitrogens is 3. The maximum Gasteiger partial charge on any atom is 0.151 e. The van der Waals surface area contributed by atoms with Gasteiger partial charge in [-0.1, -0.05) is 12.1 Å². The van der Waals surface area contributed by atoms with E-state index in [-0.39, 0.29) is 0 Å². The molecule has 0 aliphatic heterocycles. The molecular formula is C11H14N4. The van der Waals surface area contributed by atoms with Crippen molar-refractivity contribution in [2.75, 3.05) is 5.73 Å². The summed E-state index contributed by atoms with van der Waals surface area (Å²) in [5, 5.41) is 6.92. The SMILES string of the molecule is Cc1nc(CCc2ccc(N)cc2)n[nH]1. The fourth-order valence-corrected chi connectivity index (χ4v) is 1.44. The maximum atomic E-state index is 5.61. The Morgan fingerprint density at radius 1 is 1.20 bits per heavy atom. The zero-order valence-corrected chi connectivity index (χ0v) is 8.70. The first kappa shape index (κ1) is 9.71. The van der Waals surface area contributed by atoms with Gasteiger partial charge in [-0.15, -0.1) is 0 Å².